The van der Waals surface area contributed by atoms with Gasteiger partial charge in [-0.2, -0.15) is 0 Å². The summed E-state index contributed by atoms with van der Waals surface area (Å²) in [6, 6.07) is 13.9. The Morgan fingerprint density at radius 3 is 2.29 bits per heavy atom. The predicted octanol–water partition coefficient (Wildman–Crippen LogP) is 4.01. The number of fused-ring (bicyclic) bond motifs is 3. The zero-order chi connectivity index (χ0) is 24.5. The van der Waals surface area contributed by atoms with Crippen molar-refractivity contribution in [1.82, 2.24) is 10.2 Å². The van der Waals surface area contributed by atoms with Crippen molar-refractivity contribution in [2.45, 2.75) is 50.1 Å². The number of carboxylic acids is 1. The van der Waals surface area contributed by atoms with E-state index in [-0.39, 0.29) is 25.4 Å². The van der Waals surface area contributed by atoms with Crippen LogP contribution in [-0.4, -0.2) is 59.1 Å². The van der Waals surface area contributed by atoms with Crippen molar-refractivity contribution in [2.24, 2.45) is 0 Å². The summed E-state index contributed by atoms with van der Waals surface area (Å²) >= 11 is 0. The molecule has 1 aliphatic carbocycles. The molecule has 2 atom stereocenters. The number of carbonyl (C=O) groups excluding carboxylic acids is 2. The number of nitrogens with one attached hydrogen (secondary N) is 1. The topological polar surface area (TPSA) is 95.9 Å². The molecule has 2 aromatic carbocycles. The minimum Gasteiger partial charge on any atom is -0.480 e. The van der Waals surface area contributed by atoms with Crippen molar-refractivity contribution in [3.63, 3.8) is 0 Å². The number of alkyl carbamates (subject to hydrolysis) is 1. The van der Waals surface area contributed by atoms with Gasteiger partial charge in [-0.25, -0.2) is 18.4 Å². The Morgan fingerprint density at radius 2 is 1.71 bits per heavy atom. The van der Waals surface area contributed by atoms with Crippen molar-refractivity contribution >= 4 is 18.0 Å². The Kier molecular flexibility index (Phi) is 6.54. The van der Waals surface area contributed by atoms with Gasteiger partial charge in [-0.1, -0.05) is 48.5 Å². The summed E-state index contributed by atoms with van der Waals surface area (Å²) in [6.45, 7) is 0.910. The summed E-state index contributed by atoms with van der Waals surface area (Å²) in [5, 5.41) is 11.8. The van der Waals surface area contributed by atoms with Gasteiger partial charge in [0, 0.05) is 24.8 Å². The molecule has 0 bridgehead atoms. The first-order chi connectivity index (χ1) is 16.2. The molecule has 0 saturated carbocycles. The molecule has 1 heterocycles. The van der Waals surface area contributed by atoms with Gasteiger partial charge >= 0.3 is 12.1 Å². The fourth-order valence-corrected chi connectivity index (χ4v) is 4.70. The average Bonchev–Trinajstić information content (AvgIpc) is 3.30. The highest BCUT2D eigenvalue weighted by atomic mass is 19.3. The molecule has 1 saturated heterocycles. The number of rotatable bonds is 7. The Balaban J connectivity index is 1.28. The van der Waals surface area contributed by atoms with Crippen LogP contribution in [0, 0.1) is 0 Å². The number of carbonyl (C=O) groups is 3. The van der Waals surface area contributed by atoms with E-state index in [2.05, 4.69) is 5.32 Å². The highest BCUT2D eigenvalue weighted by molar-refractivity contribution is 5.84. The summed E-state index contributed by atoms with van der Waals surface area (Å²) in [5.41, 5.74) is 4.41. The molecule has 2 aliphatic rings. The molecule has 2 aromatic rings. The number of halogens is 2. The van der Waals surface area contributed by atoms with Crippen LogP contribution >= 0.6 is 0 Å². The van der Waals surface area contributed by atoms with Gasteiger partial charge in [0.2, 0.25) is 5.91 Å². The summed E-state index contributed by atoms with van der Waals surface area (Å²) < 4.78 is 32.7. The van der Waals surface area contributed by atoms with E-state index >= 15 is 0 Å². The first-order valence-electron chi connectivity index (χ1n) is 11.2. The molecular weight excluding hydrogens is 446 g/mol. The lowest BCUT2D eigenvalue weighted by Gasteiger charge is -2.22. The van der Waals surface area contributed by atoms with Crippen LogP contribution in [0.4, 0.5) is 13.6 Å². The van der Waals surface area contributed by atoms with Crippen LogP contribution < -0.4 is 5.32 Å². The fraction of sp³-hybridized carbons (Fsp3) is 0.400. The molecule has 2 N–H and O–H groups in total. The van der Waals surface area contributed by atoms with Crippen LogP contribution in [-0.2, 0) is 14.3 Å². The Labute approximate surface area is 195 Å². The van der Waals surface area contributed by atoms with Crippen molar-refractivity contribution in [3.05, 3.63) is 59.7 Å². The third-order valence-electron chi connectivity index (χ3n) is 6.37. The predicted molar refractivity (Wildman–Crippen MR) is 120 cm³/mol. The van der Waals surface area contributed by atoms with E-state index in [1.807, 2.05) is 48.5 Å². The lowest BCUT2D eigenvalue weighted by Crippen LogP contribution is -2.41. The van der Waals surface area contributed by atoms with Crippen LogP contribution in [0.15, 0.2) is 48.5 Å². The molecule has 0 radical (unpaired) electrons. The maximum Gasteiger partial charge on any atom is 0.407 e. The van der Waals surface area contributed by atoms with E-state index in [4.69, 9.17) is 9.84 Å². The molecule has 180 valence electrons. The molecule has 4 rings (SSSR count). The van der Waals surface area contributed by atoms with Crippen LogP contribution in [0.25, 0.3) is 11.1 Å². The summed E-state index contributed by atoms with van der Waals surface area (Å²) in [6.07, 6.45) is -1.53. The van der Waals surface area contributed by atoms with Crippen molar-refractivity contribution in [1.29, 1.82) is 0 Å². The fourth-order valence-electron chi connectivity index (χ4n) is 4.70. The van der Waals surface area contributed by atoms with Crippen molar-refractivity contribution in [3.8, 4) is 11.1 Å². The van der Waals surface area contributed by atoms with E-state index in [0.29, 0.717) is 4.90 Å². The van der Waals surface area contributed by atoms with E-state index < -0.39 is 48.9 Å². The third-order valence-corrected chi connectivity index (χ3v) is 6.37. The molecule has 2 amide bonds. The van der Waals surface area contributed by atoms with Gasteiger partial charge in [-0.3, -0.25) is 4.79 Å². The molecular formula is C25H26F2N2O5. The summed E-state index contributed by atoms with van der Waals surface area (Å²) in [5.74, 6) is -5.43. The molecule has 1 fully saturated rings. The summed E-state index contributed by atoms with van der Waals surface area (Å²) in [4.78, 5) is 36.6. The number of carboxylic acid groups (broad SMARTS) is 1. The number of alkyl halides is 2. The first kappa shape index (κ1) is 23.7. The quantitative estimate of drug-likeness (QED) is 0.635. The van der Waals surface area contributed by atoms with Crippen molar-refractivity contribution in [2.75, 3.05) is 13.2 Å². The van der Waals surface area contributed by atoms with Crippen LogP contribution in [0.3, 0.4) is 0 Å². The van der Waals surface area contributed by atoms with Gasteiger partial charge in [-0.05, 0) is 35.6 Å². The Bertz CT molecular complexity index is 1060. The standard InChI is InChI=1S/C25H26F2N2O5/c1-15(10-11-22(30)29-14-25(26,27)12-21(29)23(31)32)28-24(33)34-13-20-18-8-4-2-6-16(18)17-7-3-5-9-19(17)20/h2-9,15,20-21H,10-14H2,1H3,(H,28,33)(H,31,32)/t15?,21-/m1/s1. The number of benzene rings is 2. The van der Waals surface area contributed by atoms with Gasteiger partial charge in [0.25, 0.3) is 5.92 Å². The minimum absolute atomic E-state index is 0.0835. The third kappa shape index (κ3) is 4.88. The molecule has 1 unspecified atom stereocenters. The van der Waals surface area contributed by atoms with E-state index in [1.54, 1.807) is 6.92 Å². The second-order valence-electron chi connectivity index (χ2n) is 8.85. The van der Waals surface area contributed by atoms with Gasteiger partial charge in [0.15, 0.2) is 0 Å². The van der Waals surface area contributed by atoms with E-state index in [9.17, 15) is 23.2 Å². The lowest BCUT2D eigenvalue weighted by molar-refractivity contribution is -0.148. The largest absolute Gasteiger partial charge is 0.480 e. The highest BCUT2D eigenvalue weighted by Gasteiger charge is 2.49. The monoisotopic (exact) mass is 472 g/mol. The molecule has 7 nitrogen and oxygen atoms in total. The smallest absolute Gasteiger partial charge is 0.407 e. The molecule has 0 aromatic heterocycles. The second kappa shape index (κ2) is 9.40. The number of nitrogens with zero attached hydrogens (tertiary/aromatic N) is 1. The number of hydrogen-bond donors (Lipinski definition) is 2. The SMILES string of the molecule is CC(CCC(=O)N1CC(F)(F)C[C@@H]1C(=O)O)NC(=O)OCC1c2ccccc2-c2ccccc21. The molecule has 0 spiro atoms. The second-order valence-corrected chi connectivity index (χ2v) is 8.85. The van der Waals surface area contributed by atoms with Gasteiger partial charge < -0.3 is 20.1 Å². The highest BCUT2D eigenvalue weighted by Crippen LogP contribution is 2.44. The number of amides is 2. The maximum atomic E-state index is 13.6. The van der Waals surface area contributed by atoms with E-state index in [0.717, 1.165) is 22.3 Å². The van der Waals surface area contributed by atoms with Crippen LogP contribution in [0.5, 0.6) is 0 Å². The van der Waals surface area contributed by atoms with E-state index in [1.165, 1.54) is 0 Å². The normalized spacial score (nSPS) is 19.3. The minimum atomic E-state index is -3.22. The zero-order valence-electron chi connectivity index (χ0n) is 18.7. The molecule has 1 aliphatic heterocycles. The maximum absolute atomic E-state index is 13.6. The number of hydrogen-bond acceptors (Lipinski definition) is 4. The number of aliphatic carboxylic acids is 1. The Morgan fingerprint density at radius 1 is 1.12 bits per heavy atom. The molecule has 34 heavy (non-hydrogen) atoms. The lowest BCUT2D eigenvalue weighted by atomic mass is 9.98. The van der Waals surface area contributed by atoms with Gasteiger partial charge in [-0.15, -0.1) is 0 Å². The average molecular weight is 472 g/mol. The Hall–Kier alpha value is -3.49. The van der Waals surface area contributed by atoms with Crippen molar-refractivity contribution < 1.29 is 33.0 Å². The number of ether oxygens (including phenoxy) is 1. The van der Waals surface area contributed by atoms with Gasteiger partial charge in [0.05, 0.1) is 6.54 Å². The zero-order valence-corrected chi connectivity index (χ0v) is 18.7. The van der Waals surface area contributed by atoms with Crippen LogP contribution in [0.2, 0.25) is 0 Å². The first-order valence-corrected chi connectivity index (χ1v) is 11.2. The van der Waals surface area contributed by atoms with Gasteiger partial charge in [0.1, 0.15) is 12.6 Å². The summed E-state index contributed by atoms with van der Waals surface area (Å²) in [7, 11) is 0. The van der Waals surface area contributed by atoms with Crippen LogP contribution in [0.1, 0.15) is 43.2 Å². The molecule has 9 heteroatoms. The number of likely N-dealkylation sites (tertiary alicyclic amines) is 1.